The number of aromatic nitrogens is 2. The number of ether oxygens (including phenoxy) is 1. The summed E-state index contributed by atoms with van der Waals surface area (Å²) in [6.07, 6.45) is 0.808. The van der Waals surface area contributed by atoms with Gasteiger partial charge in [-0.2, -0.15) is 5.10 Å². The third kappa shape index (κ3) is 2.99. The molecule has 6 nitrogen and oxygen atoms in total. The van der Waals surface area contributed by atoms with Gasteiger partial charge in [0.05, 0.1) is 12.2 Å². The molecule has 21 heavy (non-hydrogen) atoms. The largest absolute Gasteiger partial charge is 0.488 e. The second kappa shape index (κ2) is 5.47. The van der Waals surface area contributed by atoms with Crippen LogP contribution in [0.1, 0.15) is 11.3 Å². The van der Waals surface area contributed by atoms with Crippen molar-refractivity contribution in [1.82, 2.24) is 15.1 Å². The van der Waals surface area contributed by atoms with E-state index in [1.807, 2.05) is 37.3 Å². The molecule has 0 spiro atoms. The third-order valence-corrected chi connectivity index (χ3v) is 3.45. The Balaban J connectivity index is 1.50. The van der Waals surface area contributed by atoms with E-state index in [1.165, 1.54) is 5.56 Å². The Kier molecular flexibility index (Phi) is 3.51. The molecular formula is C15H18N4O2. The van der Waals surface area contributed by atoms with E-state index < -0.39 is 0 Å². The van der Waals surface area contributed by atoms with Crippen molar-refractivity contribution in [2.75, 3.05) is 11.9 Å². The molecule has 3 rings (SSSR count). The minimum absolute atomic E-state index is 0.0126. The fraction of sp³-hybridized carbons (Fsp3) is 0.333. The zero-order valence-corrected chi connectivity index (χ0v) is 12.1. The Bertz CT molecular complexity index is 640. The quantitative estimate of drug-likeness (QED) is 0.905. The molecule has 2 heterocycles. The van der Waals surface area contributed by atoms with Crippen LogP contribution in [0.25, 0.3) is 0 Å². The standard InChI is InChI=1S/C15H18N4O2/c1-10-7-14(19(2)18-10)17-15(20)16-9-12-8-11-5-3-4-6-13(11)21-12/h3-7,12H,8-9H2,1-2H3,(H2,16,17,20)/t12-/m0/s1. The van der Waals surface area contributed by atoms with Gasteiger partial charge in [0.2, 0.25) is 0 Å². The van der Waals surface area contributed by atoms with E-state index in [9.17, 15) is 4.79 Å². The molecule has 1 aliphatic heterocycles. The van der Waals surface area contributed by atoms with Crippen LogP contribution in [0, 0.1) is 6.92 Å². The van der Waals surface area contributed by atoms with Crippen molar-refractivity contribution in [2.45, 2.75) is 19.4 Å². The topological polar surface area (TPSA) is 68.2 Å². The molecular weight excluding hydrogens is 268 g/mol. The second-order valence-electron chi connectivity index (χ2n) is 5.18. The molecule has 1 aliphatic rings. The lowest BCUT2D eigenvalue weighted by Gasteiger charge is -2.12. The zero-order chi connectivity index (χ0) is 14.8. The molecule has 110 valence electrons. The molecule has 1 atom stereocenters. The molecule has 2 N–H and O–H groups in total. The molecule has 0 saturated heterocycles. The summed E-state index contributed by atoms with van der Waals surface area (Å²) in [5.41, 5.74) is 2.05. The van der Waals surface area contributed by atoms with Gasteiger partial charge in [-0.05, 0) is 18.6 Å². The van der Waals surface area contributed by atoms with E-state index in [0.29, 0.717) is 12.4 Å². The van der Waals surface area contributed by atoms with Gasteiger partial charge in [0.25, 0.3) is 0 Å². The number of urea groups is 1. The van der Waals surface area contributed by atoms with E-state index >= 15 is 0 Å². The van der Waals surface area contributed by atoms with Gasteiger partial charge in [0, 0.05) is 19.5 Å². The van der Waals surface area contributed by atoms with Crippen molar-refractivity contribution in [3.8, 4) is 5.75 Å². The lowest BCUT2D eigenvalue weighted by molar-refractivity contribution is 0.219. The SMILES string of the molecule is Cc1cc(NC(=O)NC[C@@H]2Cc3ccccc3O2)n(C)n1. The number of carbonyl (C=O) groups is 1. The summed E-state index contributed by atoms with van der Waals surface area (Å²) >= 11 is 0. The van der Waals surface area contributed by atoms with Crippen LogP contribution in [-0.2, 0) is 13.5 Å². The normalized spacial score (nSPS) is 16.2. The fourth-order valence-electron chi connectivity index (χ4n) is 2.46. The highest BCUT2D eigenvalue weighted by molar-refractivity contribution is 5.88. The summed E-state index contributed by atoms with van der Waals surface area (Å²) in [6.45, 7) is 2.35. The predicted molar refractivity (Wildman–Crippen MR) is 79.5 cm³/mol. The van der Waals surface area contributed by atoms with Gasteiger partial charge < -0.3 is 10.1 Å². The van der Waals surface area contributed by atoms with Crippen LogP contribution in [0.5, 0.6) is 5.75 Å². The van der Waals surface area contributed by atoms with Gasteiger partial charge in [0.1, 0.15) is 17.7 Å². The highest BCUT2D eigenvalue weighted by Gasteiger charge is 2.22. The molecule has 0 fully saturated rings. The number of nitrogens with one attached hydrogen (secondary N) is 2. The number of aryl methyl sites for hydroxylation is 2. The maximum Gasteiger partial charge on any atom is 0.320 e. The van der Waals surface area contributed by atoms with Gasteiger partial charge in [-0.25, -0.2) is 4.79 Å². The summed E-state index contributed by atoms with van der Waals surface area (Å²) in [5.74, 6) is 1.58. The number of benzene rings is 1. The lowest BCUT2D eigenvalue weighted by atomic mass is 10.1. The fourth-order valence-corrected chi connectivity index (χ4v) is 2.46. The first kappa shape index (κ1) is 13.5. The van der Waals surface area contributed by atoms with Crippen molar-refractivity contribution in [1.29, 1.82) is 0 Å². The van der Waals surface area contributed by atoms with Crippen LogP contribution in [0.15, 0.2) is 30.3 Å². The number of hydrogen-bond acceptors (Lipinski definition) is 3. The van der Waals surface area contributed by atoms with Crippen LogP contribution in [0.3, 0.4) is 0 Å². The van der Waals surface area contributed by atoms with Crippen LogP contribution >= 0.6 is 0 Å². The van der Waals surface area contributed by atoms with Gasteiger partial charge in [0.15, 0.2) is 0 Å². The Morgan fingerprint density at radius 3 is 3.00 bits per heavy atom. The van der Waals surface area contributed by atoms with E-state index in [4.69, 9.17) is 4.74 Å². The molecule has 0 unspecified atom stereocenters. The summed E-state index contributed by atoms with van der Waals surface area (Å²) in [5, 5.41) is 9.78. The van der Waals surface area contributed by atoms with Gasteiger partial charge in [-0.3, -0.25) is 10.00 Å². The number of rotatable bonds is 3. The predicted octanol–water partition coefficient (Wildman–Crippen LogP) is 1.85. The van der Waals surface area contributed by atoms with Crippen molar-refractivity contribution in [3.05, 3.63) is 41.6 Å². The van der Waals surface area contributed by atoms with Crippen molar-refractivity contribution in [3.63, 3.8) is 0 Å². The van der Waals surface area contributed by atoms with Crippen molar-refractivity contribution >= 4 is 11.8 Å². The highest BCUT2D eigenvalue weighted by Crippen LogP contribution is 2.27. The molecule has 2 amide bonds. The zero-order valence-electron chi connectivity index (χ0n) is 12.1. The Labute approximate surface area is 123 Å². The molecule has 0 bridgehead atoms. The third-order valence-electron chi connectivity index (χ3n) is 3.45. The van der Waals surface area contributed by atoms with Crippen LogP contribution in [-0.4, -0.2) is 28.5 Å². The number of nitrogens with zero attached hydrogens (tertiary/aromatic N) is 2. The Morgan fingerprint density at radius 1 is 1.48 bits per heavy atom. The molecule has 0 aliphatic carbocycles. The maximum atomic E-state index is 11.9. The number of anilines is 1. The monoisotopic (exact) mass is 286 g/mol. The molecule has 1 aromatic carbocycles. The molecule has 2 aromatic rings. The van der Waals surface area contributed by atoms with Crippen LogP contribution in [0.4, 0.5) is 10.6 Å². The summed E-state index contributed by atoms with van der Waals surface area (Å²) in [7, 11) is 1.79. The first-order valence-corrected chi connectivity index (χ1v) is 6.92. The number of amides is 2. The van der Waals surface area contributed by atoms with Crippen LogP contribution in [0.2, 0.25) is 0 Å². The maximum absolute atomic E-state index is 11.9. The molecule has 1 aromatic heterocycles. The first-order valence-electron chi connectivity index (χ1n) is 6.92. The second-order valence-corrected chi connectivity index (χ2v) is 5.18. The average Bonchev–Trinajstić information content (AvgIpc) is 2.99. The minimum atomic E-state index is -0.252. The van der Waals surface area contributed by atoms with E-state index in [-0.39, 0.29) is 12.1 Å². The number of carbonyl (C=O) groups excluding carboxylic acids is 1. The molecule has 6 heteroatoms. The molecule has 0 saturated carbocycles. The average molecular weight is 286 g/mol. The molecule has 0 radical (unpaired) electrons. The van der Waals surface area contributed by atoms with Crippen molar-refractivity contribution in [2.24, 2.45) is 7.05 Å². The highest BCUT2D eigenvalue weighted by atomic mass is 16.5. The number of hydrogen-bond donors (Lipinski definition) is 2. The Morgan fingerprint density at radius 2 is 2.29 bits per heavy atom. The smallest absolute Gasteiger partial charge is 0.320 e. The Hall–Kier alpha value is -2.50. The summed E-state index contributed by atoms with van der Waals surface area (Å²) in [6, 6.07) is 9.52. The van der Waals surface area contributed by atoms with Crippen LogP contribution < -0.4 is 15.4 Å². The van der Waals surface area contributed by atoms with Gasteiger partial charge >= 0.3 is 6.03 Å². The summed E-state index contributed by atoms with van der Waals surface area (Å²) in [4.78, 5) is 11.9. The first-order chi connectivity index (χ1) is 10.1. The van der Waals surface area contributed by atoms with Gasteiger partial charge in [-0.15, -0.1) is 0 Å². The van der Waals surface area contributed by atoms with E-state index in [0.717, 1.165) is 17.9 Å². The summed E-state index contributed by atoms with van der Waals surface area (Å²) < 4.78 is 7.41. The lowest BCUT2D eigenvalue weighted by Crippen LogP contribution is -2.37. The number of para-hydroxylation sites is 1. The minimum Gasteiger partial charge on any atom is -0.488 e. The van der Waals surface area contributed by atoms with Crippen molar-refractivity contribution < 1.29 is 9.53 Å². The number of fused-ring (bicyclic) bond motifs is 1. The van der Waals surface area contributed by atoms with Gasteiger partial charge in [-0.1, -0.05) is 18.2 Å². The van der Waals surface area contributed by atoms with E-state index in [2.05, 4.69) is 15.7 Å². The van der Waals surface area contributed by atoms with E-state index in [1.54, 1.807) is 11.7 Å².